The van der Waals surface area contributed by atoms with E-state index in [1.807, 2.05) is 18.2 Å². The Balaban J connectivity index is 1.10. The molecular weight excluding hydrogens is 575 g/mol. The van der Waals surface area contributed by atoms with Gasteiger partial charge in [-0.15, -0.1) is 0 Å². The van der Waals surface area contributed by atoms with Crippen molar-refractivity contribution in [3.63, 3.8) is 0 Å². The lowest BCUT2D eigenvalue weighted by Crippen LogP contribution is -2.33. The average Bonchev–Trinajstić information content (AvgIpc) is 3.38. The van der Waals surface area contributed by atoms with Gasteiger partial charge in [-0.1, -0.05) is 43.7 Å². The molecule has 2 heterocycles. The van der Waals surface area contributed by atoms with Gasteiger partial charge in [-0.3, -0.25) is 9.69 Å². The van der Waals surface area contributed by atoms with Crippen LogP contribution in [0.15, 0.2) is 66.7 Å². The number of ether oxygens (including phenoxy) is 2. The summed E-state index contributed by atoms with van der Waals surface area (Å²) in [5, 5.41) is 3.25. The second kappa shape index (κ2) is 12.3. The first-order valence-corrected chi connectivity index (χ1v) is 14.4. The lowest BCUT2D eigenvalue weighted by Gasteiger charge is -2.32. The number of nitrogens with zero attached hydrogens (tertiary/aromatic N) is 1. The molecule has 0 radical (unpaired) electrons. The smallest absolute Gasteiger partial charge is 0.251 e. The fourth-order valence-electron chi connectivity index (χ4n) is 5.32. The number of halogens is 1. The van der Waals surface area contributed by atoms with Gasteiger partial charge in [-0.05, 0) is 120 Å². The Morgan fingerprint density at radius 1 is 0.973 bits per heavy atom. The third-order valence-corrected chi connectivity index (χ3v) is 8.17. The number of carbonyl (C=O) groups is 1. The first kappa shape index (κ1) is 26.0. The molecule has 6 heteroatoms. The highest BCUT2D eigenvalue weighted by Crippen LogP contribution is 2.33. The minimum Gasteiger partial charge on any atom is -0.454 e. The van der Waals surface area contributed by atoms with Crippen molar-refractivity contribution in [2.75, 3.05) is 19.9 Å². The lowest BCUT2D eigenvalue weighted by atomic mass is 9.89. The highest BCUT2D eigenvalue weighted by Gasteiger charge is 2.21. The zero-order valence-electron chi connectivity index (χ0n) is 21.4. The van der Waals surface area contributed by atoms with Crippen molar-refractivity contribution in [3.05, 3.63) is 92.6 Å². The van der Waals surface area contributed by atoms with Gasteiger partial charge < -0.3 is 14.8 Å². The van der Waals surface area contributed by atoms with Crippen LogP contribution in [-0.2, 0) is 13.0 Å². The molecule has 2 aliphatic heterocycles. The number of hydrogen-bond acceptors (Lipinski definition) is 4. The number of nitrogens with one attached hydrogen (secondary N) is 1. The van der Waals surface area contributed by atoms with E-state index in [2.05, 4.69) is 88.3 Å². The molecule has 1 atom stereocenters. The number of fused-ring (bicyclic) bond motifs is 1. The van der Waals surface area contributed by atoms with E-state index < -0.39 is 0 Å². The van der Waals surface area contributed by atoms with Crippen molar-refractivity contribution >= 4 is 28.5 Å². The van der Waals surface area contributed by atoms with Crippen LogP contribution in [0, 0.1) is 9.49 Å². The van der Waals surface area contributed by atoms with Gasteiger partial charge in [0, 0.05) is 15.7 Å². The Bertz CT molecular complexity index is 1190. The van der Waals surface area contributed by atoms with Crippen molar-refractivity contribution < 1.29 is 14.3 Å². The monoisotopic (exact) mass is 610 g/mol. The molecule has 37 heavy (non-hydrogen) atoms. The summed E-state index contributed by atoms with van der Waals surface area (Å²) < 4.78 is 12.1. The Labute approximate surface area is 233 Å². The predicted octanol–water partition coefficient (Wildman–Crippen LogP) is 6.75. The predicted molar refractivity (Wildman–Crippen MR) is 155 cm³/mol. The van der Waals surface area contributed by atoms with Crippen LogP contribution in [0.2, 0.25) is 0 Å². The Hall–Kier alpha value is -2.58. The number of rotatable bonds is 9. The van der Waals surface area contributed by atoms with Gasteiger partial charge in [0.1, 0.15) is 0 Å². The minimum absolute atomic E-state index is 0.000348. The second-order valence-electron chi connectivity index (χ2n) is 10.2. The average molecular weight is 611 g/mol. The summed E-state index contributed by atoms with van der Waals surface area (Å²) in [6.07, 6.45) is 5.41. The number of benzene rings is 3. The molecule has 0 aromatic heterocycles. The van der Waals surface area contributed by atoms with Crippen molar-refractivity contribution in [2.45, 2.75) is 51.6 Å². The summed E-state index contributed by atoms with van der Waals surface area (Å²) in [5.41, 5.74) is 4.49. The van der Waals surface area contributed by atoms with Crippen LogP contribution in [-0.4, -0.2) is 30.7 Å². The largest absolute Gasteiger partial charge is 0.454 e. The first-order chi connectivity index (χ1) is 18.1. The minimum atomic E-state index is 0.000348. The maximum absolute atomic E-state index is 13.0. The number of likely N-dealkylation sites (tertiary alicyclic amines) is 1. The number of amides is 1. The first-order valence-electron chi connectivity index (χ1n) is 13.3. The standard InChI is InChI=1S/C31H35IN2O3/c1-2-3-28(25-9-11-27(32)12-10-25)33-31(35)26-7-4-22(5-8-26)18-23-14-16-34(17-15-23)20-24-6-13-29-30(19-24)37-21-36-29/h4-13,19,23,28H,2-3,14-18,20-21H2,1H3,(H,33,35)/t28-/m1/s1. The van der Waals surface area contributed by atoms with Crippen LogP contribution >= 0.6 is 22.6 Å². The summed E-state index contributed by atoms with van der Waals surface area (Å²) in [7, 11) is 0. The van der Waals surface area contributed by atoms with Gasteiger partial charge in [0.2, 0.25) is 6.79 Å². The SMILES string of the molecule is CCC[C@@H](NC(=O)c1ccc(CC2CCN(Cc3ccc4c(c3)OCO4)CC2)cc1)c1ccc(I)cc1. The molecule has 5 rings (SSSR count). The van der Waals surface area contributed by atoms with Crippen molar-refractivity contribution in [2.24, 2.45) is 5.92 Å². The topological polar surface area (TPSA) is 50.8 Å². The molecule has 1 N–H and O–H groups in total. The molecule has 0 saturated carbocycles. The molecule has 3 aromatic rings. The molecule has 2 aliphatic rings. The van der Waals surface area contributed by atoms with Gasteiger partial charge in [0.05, 0.1) is 6.04 Å². The number of piperidine rings is 1. The van der Waals surface area contributed by atoms with Crippen molar-refractivity contribution in [1.29, 1.82) is 0 Å². The van der Waals surface area contributed by atoms with Crippen molar-refractivity contribution in [1.82, 2.24) is 10.2 Å². The van der Waals surface area contributed by atoms with E-state index in [-0.39, 0.29) is 11.9 Å². The third kappa shape index (κ3) is 6.85. The zero-order valence-corrected chi connectivity index (χ0v) is 23.6. The molecule has 1 fully saturated rings. The van der Waals surface area contributed by atoms with Crippen molar-refractivity contribution in [3.8, 4) is 11.5 Å². The molecule has 1 saturated heterocycles. The summed E-state index contributed by atoms with van der Waals surface area (Å²) in [6, 6.07) is 23.0. The highest BCUT2D eigenvalue weighted by atomic mass is 127. The molecule has 0 unspecified atom stereocenters. The van der Waals surface area contributed by atoms with Gasteiger partial charge in [0.25, 0.3) is 5.91 Å². The summed E-state index contributed by atoms with van der Waals surface area (Å²) in [6.45, 7) is 5.65. The molecule has 0 bridgehead atoms. The van der Waals surface area contributed by atoms with E-state index in [4.69, 9.17) is 9.47 Å². The normalized spacial score (nSPS) is 16.5. The van der Waals surface area contributed by atoms with Gasteiger partial charge >= 0.3 is 0 Å². The fraction of sp³-hybridized carbons (Fsp3) is 0.387. The van der Waals surface area contributed by atoms with Gasteiger partial charge in [-0.2, -0.15) is 0 Å². The van der Waals surface area contributed by atoms with Crippen LogP contribution in [0.4, 0.5) is 0 Å². The fourth-order valence-corrected chi connectivity index (χ4v) is 5.68. The van der Waals surface area contributed by atoms with E-state index in [9.17, 15) is 4.79 Å². The van der Waals surface area contributed by atoms with E-state index in [0.717, 1.165) is 61.5 Å². The van der Waals surface area contributed by atoms with Crippen LogP contribution in [0.1, 0.15) is 65.7 Å². The number of carbonyl (C=O) groups excluding carboxylic acids is 1. The molecular formula is C31H35IN2O3. The summed E-state index contributed by atoms with van der Waals surface area (Å²) >= 11 is 2.31. The van der Waals surface area contributed by atoms with E-state index in [1.54, 1.807) is 0 Å². The molecule has 3 aromatic carbocycles. The molecule has 5 nitrogen and oxygen atoms in total. The highest BCUT2D eigenvalue weighted by molar-refractivity contribution is 14.1. The molecule has 0 aliphatic carbocycles. The lowest BCUT2D eigenvalue weighted by molar-refractivity contribution is 0.0934. The maximum atomic E-state index is 13.0. The summed E-state index contributed by atoms with van der Waals surface area (Å²) in [4.78, 5) is 15.5. The van der Waals surface area contributed by atoms with Crippen LogP contribution in [0.5, 0.6) is 11.5 Å². The Morgan fingerprint density at radius 3 is 2.41 bits per heavy atom. The Kier molecular flexibility index (Phi) is 8.66. The molecule has 0 spiro atoms. The van der Waals surface area contributed by atoms with Gasteiger partial charge in [0.15, 0.2) is 11.5 Å². The van der Waals surface area contributed by atoms with Crippen LogP contribution in [0.25, 0.3) is 0 Å². The summed E-state index contributed by atoms with van der Waals surface area (Å²) in [5.74, 6) is 2.39. The third-order valence-electron chi connectivity index (χ3n) is 7.45. The maximum Gasteiger partial charge on any atom is 0.251 e. The van der Waals surface area contributed by atoms with E-state index >= 15 is 0 Å². The van der Waals surface area contributed by atoms with Gasteiger partial charge in [-0.25, -0.2) is 0 Å². The second-order valence-corrected chi connectivity index (χ2v) is 11.4. The van der Waals surface area contributed by atoms with E-state index in [1.165, 1.54) is 27.5 Å². The van der Waals surface area contributed by atoms with Crippen LogP contribution < -0.4 is 14.8 Å². The molecule has 194 valence electrons. The zero-order chi connectivity index (χ0) is 25.6. The Morgan fingerprint density at radius 2 is 1.68 bits per heavy atom. The van der Waals surface area contributed by atoms with E-state index in [0.29, 0.717) is 12.7 Å². The molecule has 1 amide bonds. The van der Waals surface area contributed by atoms with Crippen LogP contribution in [0.3, 0.4) is 0 Å². The quantitative estimate of drug-likeness (QED) is 0.273. The number of hydrogen-bond donors (Lipinski definition) is 1.